The fourth-order valence-electron chi connectivity index (χ4n) is 3.97. The van der Waals surface area contributed by atoms with Crippen molar-refractivity contribution in [3.63, 3.8) is 0 Å². The van der Waals surface area contributed by atoms with Crippen molar-refractivity contribution < 1.29 is 0 Å². The van der Waals surface area contributed by atoms with Gasteiger partial charge in [0.15, 0.2) is 0 Å². The normalized spacial score (nSPS) is 16.4. The van der Waals surface area contributed by atoms with Gasteiger partial charge in [-0.15, -0.1) is 11.6 Å². The maximum atomic E-state index is 6.16. The molecule has 1 saturated heterocycles. The number of nitrogens with zero attached hydrogens (tertiary/aromatic N) is 3. The van der Waals surface area contributed by atoms with Crippen LogP contribution in [0.25, 0.3) is 11.0 Å². The third-order valence-corrected chi connectivity index (χ3v) is 5.64. The van der Waals surface area contributed by atoms with Crippen molar-refractivity contribution in [2.45, 2.75) is 31.8 Å². The summed E-state index contributed by atoms with van der Waals surface area (Å²) in [7, 11) is 0. The molecule has 0 amide bonds. The number of aryl methyl sites for hydroxylation is 1. The number of imidazole rings is 1. The van der Waals surface area contributed by atoms with Gasteiger partial charge < -0.3 is 4.57 Å². The largest absolute Gasteiger partial charge is 0.325 e. The van der Waals surface area contributed by atoms with Crippen LogP contribution in [0.2, 0.25) is 5.02 Å². The summed E-state index contributed by atoms with van der Waals surface area (Å²) < 4.78 is 2.41. The summed E-state index contributed by atoms with van der Waals surface area (Å²) in [6.07, 6.45) is 3.06. The van der Waals surface area contributed by atoms with Gasteiger partial charge in [-0.05, 0) is 36.6 Å². The number of alkyl halides is 1. The van der Waals surface area contributed by atoms with Crippen molar-refractivity contribution in [3.8, 4) is 0 Å². The summed E-state index contributed by atoms with van der Waals surface area (Å²) in [4.78, 5) is 7.35. The number of aromatic nitrogens is 2. The lowest BCUT2D eigenvalue weighted by Crippen LogP contribution is -2.34. The van der Waals surface area contributed by atoms with Crippen LogP contribution in [0.15, 0.2) is 48.5 Å². The van der Waals surface area contributed by atoms with Gasteiger partial charge in [0.2, 0.25) is 0 Å². The molecule has 0 unspecified atom stereocenters. The molecule has 0 aliphatic carbocycles. The molecule has 3 nitrogen and oxygen atoms in total. The first kappa shape index (κ1) is 17.8. The lowest BCUT2D eigenvalue weighted by molar-refractivity contribution is 0.180. The van der Waals surface area contributed by atoms with Gasteiger partial charge in [-0.3, -0.25) is 4.90 Å². The van der Waals surface area contributed by atoms with Gasteiger partial charge in [-0.2, -0.15) is 0 Å². The zero-order chi connectivity index (χ0) is 17.9. The van der Waals surface area contributed by atoms with E-state index in [4.69, 9.17) is 28.2 Å². The minimum absolute atomic E-state index is 0.478. The van der Waals surface area contributed by atoms with Crippen LogP contribution < -0.4 is 0 Å². The standard InChI is InChI=1S/C21H23Cl2N3/c22-11-8-21-24-19-14-17(23)6-7-20(19)26(21)18-9-12-25(13-10-18)15-16-4-2-1-3-5-16/h1-7,14,18H,8-13,15H2. The Bertz CT molecular complexity index is 868. The molecule has 1 aliphatic rings. The highest BCUT2D eigenvalue weighted by Crippen LogP contribution is 2.31. The number of piperidine rings is 1. The van der Waals surface area contributed by atoms with Crippen molar-refractivity contribution in [1.82, 2.24) is 14.5 Å². The first-order valence-electron chi connectivity index (χ1n) is 9.23. The number of fused-ring (bicyclic) bond motifs is 1. The Kier molecular flexibility index (Phi) is 5.49. The number of benzene rings is 2. The second kappa shape index (κ2) is 7.99. The Balaban J connectivity index is 1.52. The van der Waals surface area contributed by atoms with E-state index in [2.05, 4.69) is 45.9 Å². The van der Waals surface area contributed by atoms with Gasteiger partial charge in [0.25, 0.3) is 0 Å². The smallest absolute Gasteiger partial charge is 0.111 e. The molecule has 4 rings (SSSR count). The quantitative estimate of drug-likeness (QED) is 0.553. The molecule has 1 aromatic heterocycles. The molecule has 0 bridgehead atoms. The van der Waals surface area contributed by atoms with Crippen molar-refractivity contribution in [2.24, 2.45) is 0 Å². The van der Waals surface area contributed by atoms with E-state index in [1.807, 2.05) is 12.1 Å². The Morgan fingerprint density at radius 3 is 2.54 bits per heavy atom. The van der Waals surface area contributed by atoms with Crippen molar-refractivity contribution in [2.75, 3.05) is 19.0 Å². The molecule has 0 N–H and O–H groups in total. The lowest BCUT2D eigenvalue weighted by Gasteiger charge is -2.33. The molecule has 2 heterocycles. The van der Waals surface area contributed by atoms with Crippen LogP contribution in [0, 0.1) is 0 Å². The molecule has 0 radical (unpaired) electrons. The van der Waals surface area contributed by atoms with Gasteiger partial charge in [-0.1, -0.05) is 41.9 Å². The fraction of sp³-hybridized carbons (Fsp3) is 0.381. The molecule has 0 saturated carbocycles. The summed E-state index contributed by atoms with van der Waals surface area (Å²) in [5.41, 5.74) is 3.54. The SMILES string of the molecule is ClCCc1nc2cc(Cl)ccc2n1C1CCN(Cc2ccccc2)CC1. The van der Waals surface area contributed by atoms with Crippen molar-refractivity contribution in [1.29, 1.82) is 0 Å². The molecule has 0 spiro atoms. The van der Waals surface area contributed by atoms with E-state index in [0.717, 1.165) is 55.3 Å². The zero-order valence-electron chi connectivity index (χ0n) is 14.7. The summed E-state index contributed by atoms with van der Waals surface area (Å²) in [6, 6.07) is 17.2. The average Bonchev–Trinajstić information content (AvgIpc) is 3.00. The van der Waals surface area contributed by atoms with Gasteiger partial charge in [0, 0.05) is 43.0 Å². The maximum Gasteiger partial charge on any atom is 0.111 e. The third kappa shape index (κ3) is 3.75. The maximum absolute atomic E-state index is 6.16. The number of hydrogen-bond donors (Lipinski definition) is 0. The highest BCUT2D eigenvalue weighted by molar-refractivity contribution is 6.31. The first-order chi connectivity index (χ1) is 12.7. The number of hydrogen-bond acceptors (Lipinski definition) is 2. The minimum atomic E-state index is 0.478. The van der Waals surface area contributed by atoms with E-state index >= 15 is 0 Å². The monoisotopic (exact) mass is 387 g/mol. The fourth-order valence-corrected chi connectivity index (χ4v) is 4.30. The molecule has 26 heavy (non-hydrogen) atoms. The molecule has 1 fully saturated rings. The molecular formula is C21H23Cl2N3. The Labute approximate surface area is 164 Å². The number of likely N-dealkylation sites (tertiary alicyclic amines) is 1. The minimum Gasteiger partial charge on any atom is -0.325 e. The molecule has 5 heteroatoms. The first-order valence-corrected chi connectivity index (χ1v) is 10.1. The van der Waals surface area contributed by atoms with E-state index < -0.39 is 0 Å². The third-order valence-electron chi connectivity index (χ3n) is 5.21. The molecule has 136 valence electrons. The van der Waals surface area contributed by atoms with Gasteiger partial charge in [0.1, 0.15) is 5.82 Å². The molecule has 0 atom stereocenters. The highest BCUT2D eigenvalue weighted by Gasteiger charge is 2.24. The van der Waals surface area contributed by atoms with Gasteiger partial charge in [0.05, 0.1) is 11.0 Å². The number of halogens is 2. The Hall–Kier alpha value is -1.55. The van der Waals surface area contributed by atoms with Crippen LogP contribution in [0.4, 0.5) is 0 Å². The molecule has 3 aromatic rings. The van der Waals surface area contributed by atoms with Gasteiger partial charge >= 0.3 is 0 Å². The van der Waals surface area contributed by atoms with Crippen LogP contribution in [0.1, 0.15) is 30.3 Å². The summed E-state index contributed by atoms with van der Waals surface area (Å²) in [5.74, 6) is 1.67. The van der Waals surface area contributed by atoms with Crippen LogP contribution in [-0.4, -0.2) is 33.4 Å². The topological polar surface area (TPSA) is 21.1 Å². The molecule has 2 aromatic carbocycles. The van der Waals surface area contributed by atoms with E-state index in [-0.39, 0.29) is 0 Å². The summed E-state index contributed by atoms with van der Waals surface area (Å²) in [6.45, 7) is 3.24. The van der Waals surface area contributed by atoms with E-state index in [0.29, 0.717) is 11.9 Å². The van der Waals surface area contributed by atoms with Gasteiger partial charge in [-0.25, -0.2) is 4.98 Å². The Morgan fingerprint density at radius 1 is 1.04 bits per heavy atom. The lowest BCUT2D eigenvalue weighted by atomic mass is 10.0. The van der Waals surface area contributed by atoms with Crippen LogP contribution in [0.5, 0.6) is 0 Å². The van der Waals surface area contributed by atoms with Crippen molar-refractivity contribution in [3.05, 3.63) is 64.9 Å². The predicted molar refractivity (Wildman–Crippen MR) is 109 cm³/mol. The van der Waals surface area contributed by atoms with Crippen LogP contribution in [-0.2, 0) is 13.0 Å². The average molecular weight is 388 g/mol. The van der Waals surface area contributed by atoms with Crippen LogP contribution >= 0.6 is 23.2 Å². The second-order valence-electron chi connectivity index (χ2n) is 6.96. The van der Waals surface area contributed by atoms with Crippen molar-refractivity contribution >= 4 is 34.2 Å². The Morgan fingerprint density at radius 2 is 1.81 bits per heavy atom. The molecule has 1 aliphatic heterocycles. The van der Waals surface area contributed by atoms with E-state index in [9.17, 15) is 0 Å². The van der Waals surface area contributed by atoms with E-state index in [1.54, 1.807) is 0 Å². The second-order valence-corrected chi connectivity index (χ2v) is 7.78. The number of rotatable bonds is 5. The van der Waals surface area contributed by atoms with Crippen LogP contribution in [0.3, 0.4) is 0 Å². The van der Waals surface area contributed by atoms with E-state index in [1.165, 1.54) is 11.1 Å². The summed E-state index contributed by atoms with van der Waals surface area (Å²) >= 11 is 12.2. The summed E-state index contributed by atoms with van der Waals surface area (Å²) in [5, 5.41) is 0.734. The molecular weight excluding hydrogens is 365 g/mol. The highest BCUT2D eigenvalue weighted by atomic mass is 35.5. The zero-order valence-corrected chi connectivity index (χ0v) is 16.3. The predicted octanol–water partition coefficient (Wildman–Crippen LogP) is 5.31.